The molecule has 17 heavy (non-hydrogen) atoms. The molecule has 4 nitrogen and oxygen atoms in total. The lowest BCUT2D eigenvalue weighted by molar-refractivity contribution is -0.134. The van der Waals surface area contributed by atoms with E-state index in [1.807, 2.05) is 4.90 Å². The van der Waals surface area contributed by atoms with Crippen LogP contribution >= 0.6 is 11.3 Å². The maximum Gasteiger partial charge on any atom is 0.236 e. The molecule has 1 amide bonds. The minimum Gasteiger partial charge on any atom is -0.378 e. The second kappa shape index (κ2) is 6.74. The van der Waals surface area contributed by atoms with E-state index in [2.05, 4.69) is 22.1 Å². The first-order valence-corrected chi connectivity index (χ1v) is 6.88. The van der Waals surface area contributed by atoms with Gasteiger partial charge in [-0.1, -0.05) is 0 Å². The van der Waals surface area contributed by atoms with Gasteiger partial charge in [-0.25, -0.2) is 0 Å². The van der Waals surface area contributed by atoms with Gasteiger partial charge in [0.1, 0.15) is 0 Å². The van der Waals surface area contributed by atoms with Gasteiger partial charge in [0.05, 0.1) is 19.8 Å². The first-order chi connectivity index (χ1) is 8.36. The zero-order valence-electron chi connectivity index (χ0n) is 9.85. The van der Waals surface area contributed by atoms with Crippen LogP contribution in [0, 0.1) is 0 Å². The number of carbonyl (C=O) groups is 1. The molecule has 1 aliphatic heterocycles. The Morgan fingerprint density at radius 3 is 3.00 bits per heavy atom. The van der Waals surface area contributed by atoms with Crippen molar-refractivity contribution in [1.82, 2.24) is 10.2 Å². The SMILES string of the molecule is O=C(CNCCc1ccsc1)N1CCOCC1. The molecule has 0 unspecified atom stereocenters. The van der Waals surface area contributed by atoms with E-state index in [1.54, 1.807) is 11.3 Å². The Bertz CT molecular complexity index is 334. The van der Waals surface area contributed by atoms with Gasteiger partial charge in [-0.3, -0.25) is 4.79 Å². The molecular formula is C12H18N2O2S. The monoisotopic (exact) mass is 254 g/mol. The fourth-order valence-corrected chi connectivity index (χ4v) is 2.49. The van der Waals surface area contributed by atoms with Crippen LogP contribution in [0.3, 0.4) is 0 Å². The van der Waals surface area contributed by atoms with Gasteiger partial charge in [-0.2, -0.15) is 11.3 Å². The Morgan fingerprint density at radius 2 is 2.29 bits per heavy atom. The first kappa shape index (κ1) is 12.5. The van der Waals surface area contributed by atoms with Crippen LogP contribution in [-0.2, 0) is 16.0 Å². The summed E-state index contributed by atoms with van der Waals surface area (Å²) in [6.45, 7) is 4.08. The zero-order valence-corrected chi connectivity index (χ0v) is 10.7. The lowest BCUT2D eigenvalue weighted by Crippen LogP contribution is -2.44. The maximum atomic E-state index is 11.8. The fourth-order valence-electron chi connectivity index (χ4n) is 1.79. The van der Waals surface area contributed by atoms with Crippen LogP contribution in [0.4, 0.5) is 0 Å². The molecule has 2 heterocycles. The number of thiophene rings is 1. The van der Waals surface area contributed by atoms with E-state index in [1.165, 1.54) is 5.56 Å². The van der Waals surface area contributed by atoms with Crippen LogP contribution in [0.2, 0.25) is 0 Å². The van der Waals surface area contributed by atoms with E-state index < -0.39 is 0 Å². The van der Waals surface area contributed by atoms with Crippen molar-refractivity contribution in [1.29, 1.82) is 0 Å². The van der Waals surface area contributed by atoms with Gasteiger partial charge in [0, 0.05) is 13.1 Å². The Kier molecular flexibility index (Phi) is 4.97. The molecular weight excluding hydrogens is 236 g/mol. The van der Waals surface area contributed by atoms with Crippen molar-refractivity contribution in [2.45, 2.75) is 6.42 Å². The van der Waals surface area contributed by atoms with Crippen LogP contribution in [0.5, 0.6) is 0 Å². The van der Waals surface area contributed by atoms with Gasteiger partial charge in [0.2, 0.25) is 5.91 Å². The molecule has 0 aliphatic carbocycles. The quantitative estimate of drug-likeness (QED) is 0.788. The Labute approximate surface area is 106 Å². The Morgan fingerprint density at radius 1 is 1.47 bits per heavy atom. The number of hydrogen-bond donors (Lipinski definition) is 1. The number of hydrogen-bond acceptors (Lipinski definition) is 4. The van der Waals surface area contributed by atoms with Crippen LogP contribution in [0.25, 0.3) is 0 Å². The Balaban J connectivity index is 1.59. The summed E-state index contributed by atoms with van der Waals surface area (Å²) < 4.78 is 5.21. The van der Waals surface area contributed by atoms with Crippen LogP contribution in [0.1, 0.15) is 5.56 Å². The van der Waals surface area contributed by atoms with E-state index in [9.17, 15) is 4.79 Å². The topological polar surface area (TPSA) is 41.6 Å². The van der Waals surface area contributed by atoms with Crippen LogP contribution < -0.4 is 5.32 Å². The van der Waals surface area contributed by atoms with E-state index in [-0.39, 0.29) is 5.91 Å². The van der Waals surface area contributed by atoms with Crippen molar-refractivity contribution in [3.8, 4) is 0 Å². The minimum atomic E-state index is 0.179. The standard InChI is InChI=1S/C12H18N2O2S/c15-12(14-4-6-16-7-5-14)9-13-3-1-11-2-8-17-10-11/h2,8,10,13H,1,3-7,9H2. The van der Waals surface area contributed by atoms with E-state index in [4.69, 9.17) is 4.74 Å². The van der Waals surface area contributed by atoms with Crippen molar-refractivity contribution in [3.63, 3.8) is 0 Å². The minimum absolute atomic E-state index is 0.179. The lowest BCUT2D eigenvalue weighted by Gasteiger charge is -2.26. The van der Waals surface area contributed by atoms with Crippen LogP contribution in [0.15, 0.2) is 16.8 Å². The highest BCUT2D eigenvalue weighted by Crippen LogP contribution is 2.05. The van der Waals surface area contributed by atoms with Crippen molar-refractivity contribution in [3.05, 3.63) is 22.4 Å². The summed E-state index contributed by atoms with van der Waals surface area (Å²) in [4.78, 5) is 13.6. The number of rotatable bonds is 5. The summed E-state index contributed by atoms with van der Waals surface area (Å²) in [5.41, 5.74) is 1.33. The molecule has 1 aromatic heterocycles. The lowest BCUT2D eigenvalue weighted by atomic mass is 10.2. The third-order valence-electron chi connectivity index (χ3n) is 2.81. The zero-order chi connectivity index (χ0) is 11.9. The van der Waals surface area contributed by atoms with Crippen LogP contribution in [-0.4, -0.2) is 50.2 Å². The van der Waals surface area contributed by atoms with Gasteiger partial charge in [0.15, 0.2) is 0 Å². The van der Waals surface area contributed by atoms with E-state index in [0.29, 0.717) is 19.8 Å². The second-order valence-corrected chi connectivity index (χ2v) is 4.83. The largest absolute Gasteiger partial charge is 0.378 e. The van der Waals surface area contributed by atoms with Gasteiger partial charge < -0.3 is 15.0 Å². The summed E-state index contributed by atoms with van der Waals surface area (Å²) in [5, 5.41) is 7.42. The average Bonchev–Trinajstić information content (AvgIpc) is 2.88. The molecule has 0 saturated carbocycles. The van der Waals surface area contributed by atoms with Crippen molar-refractivity contribution in [2.75, 3.05) is 39.4 Å². The molecule has 1 saturated heterocycles. The normalized spacial score (nSPS) is 16.1. The summed E-state index contributed by atoms with van der Waals surface area (Å²) in [5.74, 6) is 0.179. The molecule has 0 aromatic carbocycles. The summed E-state index contributed by atoms with van der Waals surface area (Å²) in [6, 6.07) is 2.12. The van der Waals surface area contributed by atoms with E-state index >= 15 is 0 Å². The van der Waals surface area contributed by atoms with Gasteiger partial charge in [-0.05, 0) is 35.4 Å². The molecule has 1 aliphatic rings. The first-order valence-electron chi connectivity index (χ1n) is 5.93. The maximum absolute atomic E-state index is 11.8. The molecule has 94 valence electrons. The molecule has 1 fully saturated rings. The smallest absolute Gasteiger partial charge is 0.236 e. The molecule has 0 bridgehead atoms. The summed E-state index contributed by atoms with van der Waals surface area (Å²) in [6.07, 6.45) is 0.986. The average molecular weight is 254 g/mol. The van der Waals surface area contributed by atoms with Crippen molar-refractivity contribution < 1.29 is 9.53 Å². The predicted molar refractivity (Wildman–Crippen MR) is 68.3 cm³/mol. The molecule has 2 rings (SSSR count). The fraction of sp³-hybridized carbons (Fsp3) is 0.583. The number of ether oxygens (including phenoxy) is 1. The van der Waals surface area contributed by atoms with E-state index in [0.717, 1.165) is 26.1 Å². The highest BCUT2D eigenvalue weighted by atomic mass is 32.1. The third-order valence-corrected chi connectivity index (χ3v) is 3.54. The highest BCUT2D eigenvalue weighted by molar-refractivity contribution is 7.07. The number of nitrogens with one attached hydrogen (secondary N) is 1. The highest BCUT2D eigenvalue weighted by Gasteiger charge is 2.15. The molecule has 1 aromatic rings. The number of nitrogens with zero attached hydrogens (tertiary/aromatic N) is 1. The molecule has 0 spiro atoms. The Hall–Kier alpha value is -0.910. The molecule has 1 N–H and O–H groups in total. The predicted octanol–water partition coefficient (Wildman–Crippen LogP) is 0.739. The summed E-state index contributed by atoms with van der Waals surface area (Å²) in [7, 11) is 0. The molecule has 5 heteroatoms. The van der Waals surface area contributed by atoms with Gasteiger partial charge in [-0.15, -0.1) is 0 Å². The molecule has 0 atom stereocenters. The van der Waals surface area contributed by atoms with Crippen molar-refractivity contribution >= 4 is 17.2 Å². The third kappa shape index (κ3) is 4.11. The number of amides is 1. The van der Waals surface area contributed by atoms with Gasteiger partial charge >= 0.3 is 0 Å². The summed E-state index contributed by atoms with van der Waals surface area (Å²) >= 11 is 1.71. The van der Waals surface area contributed by atoms with Gasteiger partial charge in [0.25, 0.3) is 0 Å². The second-order valence-electron chi connectivity index (χ2n) is 4.05. The number of carbonyl (C=O) groups excluding carboxylic acids is 1. The van der Waals surface area contributed by atoms with Crippen molar-refractivity contribution in [2.24, 2.45) is 0 Å². The number of morpholine rings is 1. The molecule has 0 radical (unpaired) electrons.